The van der Waals surface area contributed by atoms with Crippen LogP contribution >= 0.6 is 12.2 Å². The molecule has 0 atom stereocenters. The van der Waals surface area contributed by atoms with E-state index < -0.39 is 0 Å². The van der Waals surface area contributed by atoms with Crippen LogP contribution in [0.3, 0.4) is 0 Å². The minimum Gasteiger partial charge on any atom is -0.358 e. The lowest BCUT2D eigenvalue weighted by atomic mass is 10.1. The molecule has 0 radical (unpaired) electrons. The Kier molecular flexibility index (Phi) is 5.26. The summed E-state index contributed by atoms with van der Waals surface area (Å²) in [5.74, 6) is 0. The van der Waals surface area contributed by atoms with E-state index in [1.807, 2.05) is 0 Å². The largest absolute Gasteiger partial charge is 0.358 e. The summed E-state index contributed by atoms with van der Waals surface area (Å²) in [6.07, 6.45) is 0. The molecule has 88 valence electrons. The monoisotopic (exact) mass is 236 g/mol. The number of aryl methyl sites for hydroxylation is 1. The van der Waals surface area contributed by atoms with E-state index >= 15 is 0 Å². The van der Waals surface area contributed by atoms with E-state index in [4.69, 9.17) is 12.2 Å². The van der Waals surface area contributed by atoms with Crippen molar-refractivity contribution in [2.24, 2.45) is 0 Å². The lowest BCUT2D eigenvalue weighted by Crippen LogP contribution is -2.39. The Morgan fingerprint density at radius 3 is 2.25 bits per heavy atom. The van der Waals surface area contributed by atoms with Crippen LogP contribution in [0.15, 0.2) is 24.3 Å². The van der Waals surface area contributed by atoms with Crippen molar-refractivity contribution in [1.29, 1.82) is 0 Å². The average molecular weight is 236 g/mol. The Morgan fingerprint density at radius 2 is 1.75 bits per heavy atom. The first-order chi connectivity index (χ1) is 7.67. The van der Waals surface area contributed by atoms with Crippen molar-refractivity contribution in [2.45, 2.75) is 27.3 Å². The number of hydrogen-bond donors (Lipinski definition) is 1. The minimum absolute atomic E-state index is 0.801. The number of nitrogens with zero attached hydrogens (tertiary/aromatic N) is 1. The van der Waals surface area contributed by atoms with Gasteiger partial charge in [0.1, 0.15) is 0 Å². The topological polar surface area (TPSA) is 15.3 Å². The quantitative estimate of drug-likeness (QED) is 0.809. The molecule has 0 saturated heterocycles. The molecular formula is C13H20N2S. The molecule has 0 amide bonds. The van der Waals surface area contributed by atoms with Gasteiger partial charge in [-0.3, -0.25) is 0 Å². The highest BCUT2D eigenvalue weighted by Crippen LogP contribution is 2.02. The lowest BCUT2D eigenvalue weighted by Gasteiger charge is -2.22. The molecule has 0 spiro atoms. The minimum atomic E-state index is 0.801. The molecule has 1 N–H and O–H groups in total. The van der Waals surface area contributed by atoms with Crippen LogP contribution < -0.4 is 5.32 Å². The van der Waals surface area contributed by atoms with Crippen molar-refractivity contribution in [3.63, 3.8) is 0 Å². The van der Waals surface area contributed by atoms with E-state index in [1.54, 1.807) is 0 Å². The van der Waals surface area contributed by atoms with Crippen molar-refractivity contribution in [1.82, 2.24) is 10.2 Å². The molecule has 2 nitrogen and oxygen atoms in total. The normalized spacial score (nSPS) is 9.94. The van der Waals surface area contributed by atoms with Crippen molar-refractivity contribution >= 4 is 17.3 Å². The number of benzene rings is 1. The van der Waals surface area contributed by atoms with Gasteiger partial charge in [-0.25, -0.2) is 0 Å². The first kappa shape index (κ1) is 13.0. The van der Waals surface area contributed by atoms with Crippen molar-refractivity contribution in [3.05, 3.63) is 35.4 Å². The van der Waals surface area contributed by atoms with Gasteiger partial charge >= 0.3 is 0 Å². The molecular weight excluding hydrogens is 216 g/mol. The molecule has 0 aliphatic heterocycles. The molecule has 1 aromatic carbocycles. The SMILES string of the molecule is CCN(CC)C(=S)NCc1ccc(C)cc1. The second kappa shape index (κ2) is 6.48. The molecule has 0 unspecified atom stereocenters. The predicted octanol–water partition coefficient (Wildman–Crippen LogP) is 2.71. The van der Waals surface area contributed by atoms with Crippen molar-refractivity contribution in [2.75, 3.05) is 13.1 Å². The molecule has 0 heterocycles. The van der Waals surface area contributed by atoms with Gasteiger partial charge in [-0.05, 0) is 38.6 Å². The maximum absolute atomic E-state index is 5.31. The molecule has 0 fully saturated rings. The molecule has 0 aliphatic carbocycles. The second-order valence-corrected chi connectivity index (χ2v) is 4.20. The van der Waals surface area contributed by atoms with Gasteiger partial charge in [0.15, 0.2) is 5.11 Å². The van der Waals surface area contributed by atoms with Gasteiger partial charge in [0, 0.05) is 19.6 Å². The van der Waals surface area contributed by atoms with Crippen LogP contribution in [0.2, 0.25) is 0 Å². The van der Waals surface area contributed by atoms with E-state index in [9.17, 15) is 0 Å². The van der Waals surface area contributed by atoms with Gasteiger partial charge in [-0.1, -0.05) is 29.8 Å². The van der Waals surface area contributed by atoms with E-state index in [2.05, 4.69) is 55.3 Å². The zero-order valence-electron chi connectivity index (χ0n) is 10.3. The summed E-state index contributed by atoms with van der Waals surface area (Å²) in [4.78, 5) is 2.14. The summed E-state index contributed by atoms with van der Waals surface area (Å²) < 4.78 is 0. The number of nitrogens with one attached hydrogen (secondary N) is 1. The molecule has 16 heavy (non-hydrogen) atoms. The summed E-state index contributed by atoms with van der Waals surface area (Å²) in [6, 6.07) is 8.51. The summed E-state index contributed by atoms with van der Waals surface area (Å²) in [5, 5.41) is 4.12. The Hall–Kier alpha value is -1.09. The summed E-state index contributed by atoms with van der Waals surface area (Å²) in [6.45, 7) is 9.03. The highest BCUT2D eigenvalue weighted by Gasteiger charge is 2.03. The third kappa shape index (κ3) is 3.81. The Morgan fingerprint density at radius 1 is 1.19 bits per heavy atom. The molecule has 1 rings (SSSR count). The van der Waals surface area contributed by atoms with Gasteiger partial charge in [0.2, 0.25) is 0 Å². The van der Waals surface area contributed by atoms with Crippen LogP contribution in [0.1, 0.15) is 25.0 Å². The highest BCUT2D eigenvalue weighted by molar-refractivity contribution is 7.80. The fraction of sp³-hybridized carbons (Fsp3) is 0.462. The molecule has 0 saturated carbocycles. The third-order valence-electron chi connectivity index (χ3n) is 2.61. The predicted molar refractivity (Wildman–Crippen MR) is 73.5 cm³/mol. The van der Waals surface area contributed by atoms with Gasteiger partial charge in [-0.15, -0.1) is 0 Å². The Bertz CT molecular complexity index is 328. The first-order valence-corrected chi connectivity index (χ1v) is 6.16. The Labute approximate surface area is 104 Å². The number of hydrogen-bond acceptors (Lipinski definition) is 1. The second-order valence-electron chi connectivity index (χ2n) is 3.82. The van der Waals surface area contributed by atoms with Crippen LogP contribution in [-0.2, 0) is 6.54 Å². The highest BCUT2D eigenvalue weighted by atomic mass is 32.1. The lowest BCUT2D eigenvalue weighted by molar-refractivity contribution is 0.456. The van der Waals surface area contributed by atoms with Crippen LogP contribution in [0, 0.1) is 6.92 Å². The summed E-state index contributed by atoms with van der Waals surface area (Å²) in [5.41, 5.74) is 2.55. The maximum atomic E-state index is 5.31. The molecule has 0 bridgehead atoms. The van der Waals surface area contributed by atoms with Crippen LogP contribution in [0.5, 0.6) is 0 Å². The summed E-state index contributed by atoms with van der Waals surface area (Å²) >= 11 is 5.31. The fourth-order valence-electron chi connectivity index (χ4n) is 1.51. The molecule has 3 heteroatoms. The van der Waals surface area contributed by atoms with Gasteiger partial charge in [0.25, 0.3) is 0 Å². The van der Waals surface area contributed by atoms with Gasteiger partial charge < -0.3 is 10.2 Å². The molecule has 0 aliphatic rings. The van der Waals surface area contributed by atoms with Crippen LogP contribution in [0.25, 0.3) is 0 Å². The van der Waals surface area contributed by atoms with Crippen LogP contribution in [-0.4, -0.2) is 23.1 Å². The average Bonchev–Trinajstić information content (AvgIpc) is 2.30. The van der Waals surface area contributed by atoms with Crippen molar-refractivity contribution in [3.8, 4) is 0 Å². The molecule has 0 aromatic heterocycles. The fourth-order valence-corrected chi connectivity index (χ4v) is 1.84. The van der Waals surface area contributed by atoms with E-state index in [-0.39, 0.29) is 0 Å². The summed E-state index contributed by atoms with van der Waals surface area (Å²) in [7, 11) is 0. The smallest absolute Gasteiger partial charge is 0.169 e. The molecule has 1 aromatic rings. The zero-order valence-corrected chi connectivity index (χ0v) is 11.1. The van der Waals surface area contributed by atoms with Crippen LogP contribution in [0.4, 0.5) is 0 Å². The number of rotatable bonds is 4. The van der Waals surface area contributed by atoms with E-state index in [1.165, 1.54) is 11.1 Å². The standard InChI is InChI=1S/C13H20N2S/c1-4-15(5-2)13(16)14-10-12-8-6-11(3)7-9-12/h6-9H,4-5,10H2,1-3H3,(H,14,16). The number of thiocarbonyl (C=S) groups is 1. The Balaban J connectivity index is 2.45. The maximum Gasteiger partial charge on any atom is 0.169 e. The first-order valence-electron chi connectivity index (χ1n) is 5.75. The van der Waals surface area contributed by atoms with Gasteiger partial charge in [0.05, 0.1) is 0 Å². The van der Waals surface area contributed by atoms with Crippen molar-refractivity contribution < 1.29 is 0 Å². The van der Waals surface area contributed by atoms with E-state index in [0.717, 1.165) is 24.7 Å². The van der Waals surface area contributed by atoms with Gasteiger partial charge in [-0.2, -0.15) is 0 Å². The third-order valence-corrected chi connectivity index (χ3v) is 3.02. The van der Waals surface area contributed by atoms with E-state index in [0.29, 0.717) is 0 Å². The zero-order chi connectivity index (χ0) is 12.0.